The van der Waals surface area contributed by atoms with Crippen molar-refractivity contribution >= 4 is 11.9 Å². The van der Waals surface area contributed by atoms with E-state index < -0.39 is 0 Å². The highest BCUT2D eigenvalue weighted by molar-refractivity contribution is 5.83. The topological polar surface area (TPSA) is 58.6 Å². The molecular formula is C13H24N2O3. The average Bonchev–Trinajstić information content (AvgIpc) is 2.86. The summed E-state index contributed by atoms with van der Waals surface area (Å²) in [4.78, 5) is 25.5. The Hall–Kier alpha value is -1.10. The molecule has 0 spiro atoms. The third-order valence-corrected chi connectivity index (χ3v) is 3.47. The fourth-order valence-corrected chi connectivity index (χ4v) is 2.33. The molecule has 104 valence electrons. The summed E-state index contributed by atoms with van der Waals surface area (Å²) in [6.45, 7) is 5.42. The van der Waals surface area contributed by atoms with Crippen LogP contribution in [0.2, 0.25) is 0 Å². The van der Waals surface area contributed by atoms with Crippen LogP contribution in [0.15, 0.2) is 0 Å². The van der Waals surface area contributed by atoms with E-state index in [0.717, 1.165) is 32.2 Å². The van der Waals surface area contributed by atoms with E-state index in [0.29, 0.717) is 6.54 Å². The molecule has 1 aliphatic heterocycles. The second kappa shape index (κ2) is 7.36. The van der Waals surface area contributed by atoms with Crippen molar-refractivity contribution < 1.29 is 14.3 Å². The molecule has 0 aromatic rings. The van der Waals surface area contributed by atoms with E-state index in [4.69, 9.17) is 4.74 Å². The third kappa shape index (κ3) is 3.70. The molecule has 0 saturated carbocycles. The van der Waals surface area contributed by atoms with Crippen LogP contribution < -0.4 is 5.32 Å². The minimum Gasteiger partial charge on any atom is -0.468 e. The average molecular weight is 256 g/mol. The number of methoxy groups -OCH3 is 1. The lowest BCUT2D eigenvalue weighted by Crippen LogP contribution is -2.49. The Morgan fingerprint density at radius 1 is 1.50 bits per heavy atom. The Kier molecular flexibility index (Phi) is 6.12. The number of esters is 1. The normalized spacial score (nSPS) is 21.6. The summed E-state index contributed by atoms with van der Waals surface area (Å²) in [6.07, 6.45) is 3.76. The molecule has 0 aromatic heterocycles. The number of ether oxygens (including phenoxy) is 1. The van der Waals surface area contributed by atoms with Crippen molar-refractivity contribution in [3.05, 3.63) is 0 Å². The van der Waals surface area contributed by atoms with E-state index in [9.17, 15) is 9.59 Å². The maximum absolute atomic E-state index is 12.0. The van der Waals surface area contributed by atoms with E-state index in [-0.39, 0.29) is 24.0 Å². The van der Waals surface area contributed by atoms with Gasteiger partial charge in [0.1, 0.15) is 6.04 Å². The van der Waals surface area contributed by atoms with E-state index in [1.165, 1.54) is 7.11 Å². The maximum Gasteiger partial charge on any atom is 0.323 e. The van der Waals surface area contributed by atoms with Gasteiger partial charge in [0.2, 0.25) is 5.91 Å². The summed E-state index contributed by atoms with van der Waals surface area (Å²) in [5.41, 5.74) is 0. The maximum atomic E-state index is 12.0. The molecule has 1 N–H and O–H groups in total. The SMILES string of the molecule is CCCCNC(=O)C(C)N1CCCC1C(=O)OC. The molecule has 5 heteroatoms. The number of likely N-dealkylation sites (tertiary alicyclic amines) is 1. The zero-order chi connectivity index (χ0) is 13.5. The Balaban J connectivity index is 2.51. The van der Waals surface area contributed by atoms with Crippen LogP contribution in [0.4, 0.5) is 0 Å². The van der Waals surface area contributed by atoms with Gasteiger partial charge in [0, 0.05) is 6.54 Å². The van der Waals surface area contributed by atoms with E-state index in [1.54, 1.807) is 0 Å². The van der Waals surface area contributed by atoms with E-state index in [1.807, 2.05) is 11.8 Å². The molecule has 0 bridgehead atoms. The van der Waals surface area contributed by atoms with Crippen molar-refractivity contribution in [2.75, 3.05) is 20.2 Å². The standard InChI is InChI=1S/C13H24N2O3/c1-4-5-8-14-12(16)10(2)15-9-6-7-11(15)13(17)18-3/h10-11H,4-9H2,1-3H3,(H,14,16). The van der Waals surface area contributed by atoms with Crippen molar-refractivity contribution in [3.8, 4) is 0 Å². The summed E-state index contributed by atoms with van der Waals surface area (Å²) in [6, 6.07) is -0.532. The molecule has 2 atom stereocenters. The first-order chi connectivity index (χ1) is 8.61. The van der Waals surface area contributed by atoms with Crippen molar-refractivity contribution in [2.24, 2.45) is 0 Å². The first kappa shape index (κ1) is 15.0. The summed E-state index contributed by atoms with van der Waals surface area (Å²) < 4.78 is 4.78. The predicted octanol–water partition coefficient (Wildman–Crippen LogP) is 0.929. The van der Waals surface area contributed by atoms with Gasteiger partial charge in [-0.25, -0.2) is 0 Å². The largest absolute Gasteiger partial charge is 0.468 e. The van der Waals surface area contributed by atoms with Crippen molar-refractivity contribution in [1.29, 1.82) is 0 Å². The smallest absolute Gasteiger partial charge is 0.323 e. The zero-order valence-electron chi connectivity index (χ0n) is 11.6. The first-order valence-electron chi connectivity index (χ1n) is 6.73. The lowest BCUT2D eigenvalue weighted by molar-refractivity contribution is -0.147. The van der Waals surface area contributed by atoms with Gasteiger partial charge in [-0.2, -0.15) is 0 Å². The van der Waals surface area contributed by atoms with Gasteiger partial charge in [-0.15, -0.1) is 0 Å². The monoisotopic (exact) mass is 256 g/mol. The highest BCUT2D eigenvalue weighted by Gasteiger charge is 2.36. The lowest BCUT2D eigenvalue weighted by Gasteiger charge is -2.28. The Morgan fingerprint density at radius 3 is 2.83 bits per heavy atom. The highest BCUT2D eigenvalue weighted by atomic mass is 16.5. The van der Waals surface area contributed by atoms with Gasteiger partial charge < -0.3 is 10.1 Å². The van der Waals surface area contributed by atoms with Gasteiger partial charge in [-0.05, 0) is 32.7 Å². The second-order valence-corrected chi connectivity index (χ2v) is 4.74. The Bertz CT molecular complexity index is 294. The van der Waals surface area contributed by atoms with Gasteiger partial charge in [-0.3, -0.25) is 14.5 Å². The van der Waals surface area contributed by atoms with Crippen molar-refractivity contribution in [2.45, 2.75) is 51.6 Å². The molecule has 0 aromatic carbocycles. The molecule has 18 heavy (non-hydrogen) atoms. The molecule has 1 saturated heterocycles. The van der Waals surface area contributed by atoms with Gasteiger partial charge in [0.05, 0.1) is 13.2 Å². The molecular weight excluding hydrogens is 232 g/mol. The highest BCUT2D eigenvalue weighted by Crippen LogP contribution is 2.21. The Labute approximate surface area is 109 Å². The number of hydrogen-bond acceptors (Lipinski definition) is 4. The lowest BCUT2D eigenvalue weighted by atomic mass is 10.2. The fraction of sp³-hybridized carbons (Fsp3) is 0.846. The molecule has 0 radical (unpaired) electrons. The van der Waals surface area contributed by atoms with Crippen LogP contribution in [0.3, 0.4) is 0 Å². The van der Waals surface area contributed by atoms with Gasteiger partial charge >= 0.3 is 5.97 Å². The van der Waals surface area contributed by atoms with Crippen LogP contribution in [0.1, 0.15) is 39.5 Å². The summed E-state index contributed by atoms with van der Waals surface area (Å²) in [5.74, 6) is -0.236. The molecule has 1 amide bonds. The second-order valence-electron chi connectivity index (χ2n) is 4.74. The number of nitrogens with one attached hydrogen (secondary N) is 1. The molecule has 1 aliphatic rings. The number of nitrogens with zero attached hydrogens (tertiary/aromatic N) is 1. The van der Waals surface area contributed by atoms with Crippen LogP contribution in [-0.2, 0) is 14.3 Å². The van der Waals surface area contributed by atoms with Crippen LogP contribution >= 0.6 is 0 Å². The van der Waals surface area contributed by atoms with E-state index in [2.05, 4.69) is 12.2 Å². The van der Waals surface area contributed by atoms with E-state index >= 15 is 0 Å². The molecule has 1 heterocycles. The van der Waals surface area contributed by atoms with Crippen molar-refractivity contribution in [1.82, 2.24) is 10.2 Å². The summed E-state index contributed by atoms with van der Waals surface area (Å²) in [7, 11) is 1.39. The molecule has 5 nitrogen and oxygen atoms in total. The Morgan fingerprint density at radius 2 is 2.22 bits per heavy atom. The summed E-state index contributed by atoms with van der Waals surface area (Å²) >= 11 is 0. The quantitative estimate of drug-likeness (QED) is 0.567. The number of hydrogen-bond donors (Lipinski definition) is 1. The minimum atomic E-state index is -0.270. The van der Waals surface area contributed by atoms with Gasteiger partial charge in [0.25, 0.3) is 0 Å². The van der Waals surface area contributed by atoms with Crippen LogP contribution in [-0.4, -0.2) is 49.1 Å². The number of rotatable bonds is 6. The van der Waals surface area contributed by atoms with Crippen LogP contribution in [0, 0.1) is 0 Å². The van der Waals surface area contributed by atoms with Gasteiger partial charge in [-0.1, -0.05) is 13.3 Å². The van der Waals surface area contributed by atoms with Crippen LogP contribution in [0.25, 0.3) is 0 Å². The molecule has 0 aliphatic carbocycles. The number of amides is 1. The summed E-state index contributed by atoms with van der Waals surface area (Å²) in [5, 5.41) is 2.91. The number of unbranched alkanes of at least 4 members (excludes halogenated alkanes) is 1. The minimum absolute atomic E-state index is 0.000692. The zero-order valence-corrected chi connectivity index (χ0v) is 11.6. The number of carbonyl (C=O) groups is 2. The molecule has 2 unspecified atom stereocenters. The predicted molar refractivity (Wildman–Crippen MR) is 69.1 cm³/mol. The molecule has 1 rings (SSSR count). The van der Waals surface area contributed by atoms with Crippen molar-refractivity contribution in [3.63, 3.8) is 0 Å². The fourth-order valence-electron chi connectivity index (χ4n) is 2.33. The molecule has 1 fully saturated rings. The number of carbonyl (C=O) groups excluding carboxylic acids is 2. The first-order valence-corrected chi connectivity index (χ1v) is 6.73. The van der Waals surface area contributed by atoms with Crippen LogP contribution in [0.5, 0.6) is 0 Å². The van der Waals surface area contributed by atoms with Gasteiger partial charge in [0.15, 0.2) is 0 Å². The third-order valence-electron chi connectivity index (χ3n) is 3.47.